The van der Waals surface area contributed by atoms with Crippen molar-refractivity contribution in [2.75, 3.05) is 44.4 Å². The molecule has 3 aliphatic rings. The molecule has 1 aromatic carbocycles. The van der Waals surface area contributed by atoms with Gasteiger partial charge in [-0.1, -0.05) is 11.6 Å². The normalized spacial score (nSPS) is 21.4. The first kappa shape index (κ1) is 20.6. The summed E-state index contributed by atoms with van der Waals surface area (Å²) in [7, 11) is 0. The van der Waals surface area contributed by atoms with Gasteiger partial charge in [0.1, 0.15) is 6.67 Å². The molecule has 9 nitrogen and oxygen atoms in total. The van der Waals surface area contributed by atoms with Gasteiger partial charge < -0.3 is 14.6 Å². The average Bonchev–Trinajstić information content (AvgIpc) is 3.22. The fourth-order valence-corrected chi connectivity index (χ4v) is 5.03. The summed E-state index contributed by atoms with van der Waals surface area (Å²) >= 11 is 6.33. The van der Waals surface area contributed by atoms with Crippen molar-refractivity contribution in [3.05, 3.63) is 52.4 Å². The van der Waals surface area contributed by atoms with Gasteiger partial charge in [-0.3, -0.25) is 4.99 Å². The Labute approximate surface area is 196 Å². The van der Waals surface area contributed by atoms with Crippen LogP contribution in [0.1, 0.15) is 29.8 Å². The van der Waals surface area contributed by atoms with Crippen LogP contribution < -0.4 is 4.90 Å². The molecule has 3 aromatic rings. The van der Waals surface area contributed by atoms with Crippen LogP contribution >= 0.6 is 11.6 Å². The maximum Gasteiger partial charge on any atom is 0.225 e. The molecule has 0 aliphatic carbocycles. The average molecular weight is 465 g/mol. The van der Waals surface area contributed by atoms with Gasteiger partial charge in [-0.15, -0.1) is 0 Å². The van der Waals surface area contributed by atoms with Crippen LogP contribution in [0.5, 0.6) is 0 Å². The minimum atomic E-state index is -0.108. The number of rotatable bonds is 3. The summed E-state index contributed by atoms with van der Waals surface area (Å²) in [6, 6.07) is 5.91. The van der Waals surface area contributed by atoms with Gasteiger partial charge in [0, 0.05) is 65.4 Å². The zero-order chi connectivity index (χ0) is 22.4. The van der Waals surface area contributed by atoms with Crippen molar-refractivity contribution >= 4 is 40.4 Å². The smallest absolute Gasteiger partial charge is 0.225 e. The molecule has 3 aliphatic heterocycles. The van der Waals surface area contributed by atoms with Gasteiger partial charge in [-0.05, 0) is 37.1 Å². The monoisotopic (exact) mass is 464 g/mol. The first-order chi connectivity index (χ1) is 16.2. The lowest BCUT2D eigenvalue weighted by Gasteiger charge is -2.41. The summed E-state index contributed by atoms with van der Waals surface area (Å²) in [4.78, 5) is 19.7. The maximum atomic E-state index is 6.33. The Kier molecular flexibility index (Phi) is 5.24. The van der Waals surface area contributed by atoms with E-state index in [1.54, 1.807) is 0 Å². The number of aliphatic imine (C=N–C) groups is 1. The number of fused-ring (bicyclic) bond motifs is 3. The van der Waals surface area contributed by atoms with Gasteiger partial charge in [-0.2, -0.15) is 10.1 Å². The highest BCUT2D eigenvalue weighted by atomic mass is 35.5. The van der Waals surface area contributed by atoms with Crippen LogP contribution in [0.15, 0.2) is 40.7 Å². The van der Waals surface area contributed by atoms with E-state index in [1.807, 2.05) is 48.8 Å². The highest BCUT2D eigenvalue weighted by Gasteiger charge is 2.36. The molecule has 2 aromatic heterocycles. The number of hydrogen-bond acceptors (Lipinski definition) is 8. The molecule has 1 saturated heterocycles. The number of ether oxygens (including phenoxy) is 1. The summed E-state index contributed by atoms with van der Waals surface area (Å²) < 4.78 is 5.46. The molecule has 0 radical (unpaired) electrons. The Morgan fingerprint density at radius 1 is 1.12 bits per heavy atom. The lowest BCUT2D eigenvalue weighted by Crippen LogP contribution is -2.47. The summed E-state index contributed by atoms with van der Waals surface area (Å²) in [5.74, 6) is 0.740. The zero-order valence-corrected chi connectivity index (χ0v) is 19.2. The minimum Gasteiger partial charge on any atom is -0.378 e. The van der Waals surface area contributed by atoms with Gasteiger partial charge in [0.05, 0.1) is 25.0 Å². The molecule has 1 unspecified atom stereocenters. The number of hydrazine groups is 1. The number of morpholine rings is 1. The van der Waals surface area contributed by atoms with E-state index in [0.29, 0.717) is 19.9 Å². The third kappa shape index (κ3) is 3.76. The Morgan fingerprint density at radius 2 is 1.94 bits per heavy atom. The van der Waals surface area contributed by atoms with Crippen molar-refractivity contribution in [3.63, 3.8) is 0 Å². The Balaban J connectivity index is 1.42. The molecule has 0 spiro atoms. The Morgan fingerprint density at radius 3 is 2.73 bits per heavy atom. The van der Waals surface area contributed by atoms with Gasteiger partial charge in [0.2, 0.25) is 5.95 Å². The van der Waals surface area contributed by atoms with E-state index < -0.39 is 0 Å². The second-order valence-electron chi connectivity index (χ2n) is 8.51. The fourth-order valence-electron chi connectivity index (χ4n) is 4.86. The third-order valence-corrected chi connectivity index (χ3v) is 6.62. The third-order valence-electron chi connectivity index (χ3n) is 6.39. The van der Waals surface area contributed by atoms with Gasteiger partial charge >= 0.3 is 0 Å². The number of anilines is 1. The van der Waals surface area contributed by atoms with Crippen molar-refractivity contribution < 1.29 is 4.74 Å². The molecular formula is C23H25ClN8O. The van der Waals surface area contributed by atoms with Crippen LogP contribution in [0.2, 0.25) is 5.02 Å². The van der Waals surface area contributed by atoms with Gasteiger partial charge in [0.15, 0.2) is 0 Å². The molecule has 0 saturated carbocycles. The number of benzene rings is 1. The van der Waals surface area contributed by atoms with Gasteiger partial charge in [0.25, 0.3) is 0 Å². The lowest BCUT2D eigenvalue weighted by atomic mass is 9.95. The summed E-state index contributed by atoms with van der Waals surface area (Å²) in [6.45, 7) is 6.27. The predicted octanol–water partition coefficient (Wildman–Crippen LogP) is 3.03. The Hall–Kier alpha value is -3.01. The molecular weight excluding hydrogens is 440 g/mol. The first-order valence-electron chi connectivity index (χ1n) is 11.2. The lowest BCUT2D eigenvalue weighted by molar-refractivity contribution is -0.0539. The number of nitrogens with one attached hydrogen (secondary N) is 1. The Bertz CT molecular complexity index is 1230. The van der Waals surface area contributed by atoms with Crippen molar-refractivity contribution in [3.8, 4) is 0 Å². The quantitative estimate of drug-likeness (QED) is 0.641. The van der Waals surface area contributed by atoms with E-state index in [9.17, 15) is 0 Å². The second kappa shape index (κ2) is 8.40. The standard InChI is InChI=1S/C23H25ClN8O/c1-15-11-25-14-32(29-15)31-5-4-18-19-10-17(24)2-3-20(19)28-21(18)22(31)16-12-26-23(27-13-16)30-6-8-33-9-7-30/h2-3,10-13,22,28H,4-9,14H2,1H3. The van der Waals surface area contributed by atoms with E-state index >= 15 is 0 Å². The maximum absolute atomic E-state index is 6.33. The SMILES string of the molecule is CC1=NN(N2CCc3c([nH]c4ccc(Cl)cc34)C2c2cnc(N3CCOCC3)nc2)CN=C1. The molecule has 1 fully saturated rings. The van der Waals surface area contributed by atoms with Gasteiger partial charge in [-0.25, -0.2) is 15.1 Å². The number of halogens is 1. The number of aromatic amines is 1. The minimum absolute atomic E-state index is 0.108. The van der Waals surface area contributed by atoms with Crippen molar-refractivity contribution in [2.24, 2.45) is 10.1 Å². The number of nitrogens with zero attached hydrogens (tertiary/aromatic N) is 7. The summed E-state index contributed by atoms with van der Waals surface area (Å²) in [5.41, 5.74) is 5.38. The summed E-state index contributed by atoms with van der Waals surface area (Å²) in [6.07, 6.45) is 6.57. The van der Waals surface area contributed by atoms with E-state index in [4.69, 9.17) is 31.4 Å². The molecule has 0 bridgehead atoms. The van der Waals surface area contributed by atoms with Crippen LogP contribution in [0, 0.1) is 0 Å². The largest absolute Gasteiger partial charge is 0.378 e. The van der Waals surface area contributed by atoms with E-state index in [-0.39, 0.29) is 6.04 Å². The van der Waals surface area contributed by atoms with E-state index in [2.05, 4.69) is 19.9 Å². The molecule has 5 heterocycles. The number of H-pyrrole nitrogens is 1. The van der Waals surface area contributed by atoms with Crippen molar-refractivity contribution in [1.29, 1.82) is 0 Å². The van der Waals surface area contributed by atoms with Crippen LogP contribution in [-0.2, 0) is 11.2 Å². The van der Waals surface area contributed by atoms with E-state index in [1.165, 1.54) is 10.9 Å². The molecule has 170 valence electrons. The molecule has 1 atom stereocenters. The van der Waals surface area contributed by atoms with Crippen LogP contribution in [0.25, 0.3) is 10.9 Å². The second-order valence-corrected chi connectivity index (χ2v) is 8.94. The number of aromatic nitrogens is 3. The first-order valence-corrected chi connectivity index (χ1v) is 11.6. The fraction of sp³-hybridized carbons (Fsp3) is 0.391. The molecule has 10 heteroatoms. The van der Waals surface area contributed by atoms with Crippen molar-refractivity contribution in [1.82, 2.24) is 25.1 Å². The number of hydrogen-bond donors (Lipinski definition) is 1. The zero-order valence-electron chi connectivity index (χ0n) is 18.4. The van der Waals surface area contributed by atoms with Crippen molar-refractivity contribution in [2.45, 2.75) is 19.4 Å². The topological polar surface area (TPSA) is 85.2 Å². The van der Waals surface area contributed by atoms with Crippen LogP contribution in [-0.4, -0.2) is 76.5 Å². The highest BCUT2D eigenvalue weighted by Crippen LogP contribution is 2.39. The molecule has 33 heavy (non-hydrogen) atoms. The molecule has 6 rings (SSSR count). The molecule has 1 N–H and O–H groups in total. The van der Waals surface area contributed by atoms with Crippen LogP contribution in [0.4, 0.5) is 5.95 Å². The number of hydrazone groups is 1. The predicted molar refractivity (Wildman–Crippen MR) is 129 cm³/mol. The highest BCUT2D eigenvalue weighted by molar-refractivity contribution is 6.31. The summed E-state index contributed by atoms with van der Waals surface area (Å²) in [5, 5.41) is 10.9. The van der Waals surface area contributed by atoms with E-state index in [0.717, 1.165) is 59.5 Å². The van der Waals surface area contributed by atoms with Crippen LogP contribution in [0.3, 0.4) is 0 Å². The molecule has 0 amide bonds.